The molecule has 0 atom stereocenters. The standard InChI is InChI=1S/C14H12Cl2O/c1-10-5-7-11(8-6-10)9-17-13-4-2-3-12(15)14(13)16/h2-8H,9H2,1H3. The number of halogens is 2. The smallest absolute Gasteiger partial charge is 0.139 e. The molecule has 0 radical (unpaired) electrons. The molecule has 0 unspecified atom stereocenters. The molecule has 3 heteroatoms. The maximum Gasteiger partial charge on any atom is 0.139 e. The second-order valence-electron chi connectivity index (χ2n) is 3.83. The Kier molecular flexibility index (Phi) is 3.93. The molecule has 2 aromatic carbocycles. The van der Waals surface area contributed by atoms with Crippen molar-refractivity contribution < 1.29 is 4.74 Å². The highest BCUT2D eigenvalue weighted by molar-refractivity contribution is 6.42. The van der Waals surface area contributed by atoms with Gasteiger partial charge in [0.2, 0.25) is 0 Å². The molecule has 0 amide bonds. The van der Waals surface area contributed by atoms with Gasteiger partial charge in [-0.2, -0.15) is 0 Å². The van der Waals surface area contributed by atoms with Crippen molar-refractivity contribution in [3.05, 3.63) is 63.6 Å². The maximum atomic E-state index is 6.03. The molecule has 0 aliphatic carbocycles. The number of hydrogen-bond acceptors (Lipinski definition) is 1. The molecular formula is C14H12Cl2O. The van der Waals surface area contributed by atoms with Crippen LogP contribution in [0, 0.1) is 6.92 Å². The monoisotopic (exact) mass is 266 g/mol. The molecule has 0 aliphatic rings. The third-order valence-electron chi connectivity index (χ3n) is 2.43. The maximum absolute atomic E-state index is 6.03. The lowest BCUT2D eigenvalue weighted by molar-refractivity contribution is 0.306. The summed E-state index contributed by atoms with van der Waals surface area (Å²) < 4.78 is 5.63. The average Bonchev–Trinajstić information content (AvgIpc) is 2.33. The molecule has 1 nitrogen and oxygen atoms in total. The van der Waals surface area contributed by atoms with Gasteiger partial charge < -0.3 is 4.74 Å². The van der Waals surface area contributed by atoms with Crippen molar-refractivity contribution in [2.75, 3.05) is 0 Å². The van der Waals surface area contributed by atoms with Gasteiger partial charge in [-0.1, -0.05) is 59.1 Å². The summed E-state index contributed by atoms with van der Waals surface area (Å²) in [4.78, 5) is 0. The predicted molar refractivity (Wildman–Crippen MR) is 72.0 cm³/mol. The molecule has 2 rings (SSSR count). The van der Waals surface area contributed by atoms with Gasteiger partial charge in [0.15, 0.2) is 0 Å². The quantitative estimate of drug-likeness (QED) is 0.770. The molecule has 0 aromatic heterocycles. The first-order valence-corrected chi connectivity index (χ1v) is 6.05. The molecule has 0 saturated heterocycles. The van der Waals surface area contributed by atoms with Crippen LogP contribution in [0.2, 0.25) is 10.0 Å². The fraction of sp³-hybridized carbons (Fsp3) is 0.143. The molecule has 0 saturated carbocycles. The van der Waals surface area contributed by atoms with Crippen molar-refractivity contribution in [3.63, 3.8) is 0 Å². The third-order valence-corrected chi connectivity index (χ3v) is 3.23. The predicted octanol–water partition coefficient (Wildman–Crippen LogP) is 4.88. The molecule has 17 heavy (non-hydrogen) atoms. The number of ether oxygens (including phenoxy) is 1. The van der Waals surface area contributed by atoms with E-state index in [2.05, 4.69) is 19.1 Å². The van der Waals surface area contributed by atoms with Gasteiger partial charge in [0, 0.05) is 0 Å². The summed E-state index contributed by atoms with van der Waals surface area (Å²) >= 11 is 11.9. The minimum Gasteiger partial charge on any atom is -0.487 e. The van der Waals surface area contributed by atoms with Crippen LogP contribution in [-0.4, -0.2) is 0 Å². The summed E-state index contributed by atoms with van der Waals surface area (Å²) in [7, 11) is 0. The molecule has 0 fully saturated rings. The van der Waals surface area contributed by atoms with Crippen LogP contribution in [0.3, 0.4) is 0 Å². The molecule has 0 aliphatic heterocycles. The summed E-state index contributed by atoms with van der Waals surface area (Å²) in [5.74, 6) is 0.611. The van der Waals surface area contributed by atoms with E-state index in [1.165, 1.54) is 5.56 Å². The second kappa shape index (κ2) is 5.44. The van der Waals surface area contributed by atoms with E-state index in [1.807, 2.05) is 24.3 Å². The minimum absolute atomic E-state index is 0.460. The van der Waals surface area contributed by atoms with Crippen LogP contribution in [-0.2, 0) is 6.61 Å². The Morgan fingerprint density at radius 1 is 1.00 bits per heavy atom. The van der Waals surface area contributed by atoms with Gasteiger partial charge in [-0.25, -0.2) is 0 Å². The zero-order chi connectivity index (χ0) is 12.3. The number of benzene rings is 2. The van der Waals surface area contributed by atoms with Crippen molar-refractivity contribution in [1.82, 2.24) is 0 Å². The SMILES string of the molecule is Cc1ccc(COc2cccc(Cl)c2Cl)cc1. The molecule has 0 heterocycles. The fourth-order valence-electron chi connectivity index (χ4n) is 1.44. The van der Waals surface area contributed by atoms with Gasteiger partial charge in [0.25, 0.3) is 0 Å². The van der Waals surface area contributed by atoms with E-state index in [9.17, 15) is 0 Å². The largest absolute Gasteiger partial charge is 0.487 e. The first kappa shape index (κ1) is 12.3. The lowest BCUT2D eigenvalue weighted by atomic mass is 10.2. The van der Waals surface area contributed by atoms with Crippen molar-refractivity contribution in [2.24, 2.45) is 0 Å². The Morgan fingerprint density at radius 3 is 2.41 bits per heavy atom. The summed E-state index contributed by atoms with van der Waals surface area (Å²) in [5.41, 5.74) is 2.33. The zero-order valence-electron chi connectivity index (χ0n) is 9.41. The summed E-state index contributed by atoms with van der Waals surface area (Å²) in [6, 6.07) is 13.5. The Balaban J connectivity index is 2.07. The number of rotatable bonds is 3. The lowest BCUT2D eigenvalue weighted by Crippen LogP contribution is -1.95. The van der Waals surface area contributed by atoms with Gasteiger partial charge in [-0.15, -0.1) is 0 Å². The Labute approximate surface area is 111 Å². The summed E-state index contributed by atoms with van der Waals surface area (Å²) in [6.45, 7) is 2.54. The second-order valence-corrected chi connectivity index (χ2v) is 4.61. The van der Waals surface area contributed by atoms with E-state index >= 15 is 0 Å². The molecule has 0 N–H and O–H groups in total. The zero-order valence-corrected chi connectivity index (χ0v) is 10.9. The summed E-state index contributed by atoms with van der Waals surface area (Å²) in [6.07, 6.45) is 0. The lowest BCUT2D eigenvalue weighted by Gasteiger charge is -2.09. The van der Waals surface area contributed by atoms with Crippen LogP contribution in [0.15, 0.2) is 42.5 Å². The van der Waals surface area contributed by atoms with E-state index in [0.29, 0.717) is 22.4 Å². The van der Waals surface area contributed by atoms with E-state index in [-0.39, 0.29) is 0 Å². The topological polar surface area (TPSA) is 9.23 Å². The van der Waals surface area contributed by atoms with Gasteiger partial charge in [-0.05, 0) is 24.6 Å². The van der Waals surface area contributed by atoms with Crippen LogP contribution in [0.1, 0.15) is 11.1 Å². The van der Waals surface area contributed by atoms with E-state index < -0.39 is 0 Å². The normalized spacial score (nSPS) is 10.3. The van der Waals surface area contributed by atoms with Crippen LogP contribution in [0.4, 0.5) is 0 Å². The molecule has 0 bridgehead atoms. The first-order valence-electron chi connectivity index (χ1n) is 5.29. The van der Waals surface area contributed by atoms with Crippen LogP contribution in [0.25, 0.3) is 0 Å². The van der Waals surface area contributed by atoms with Gasteiger partial charge in [0.1, 0.15) is 17.4 Å². The summed E-state index contributed by atoms with van der Waals surface area (Å²) in [5, 5.41) is 0.967. The highest BCUT2D eigenvalue weighted by Gasteiger charge is 2.05. The Morgan fingerprint density at radius 2 is 1.71 bits per heavy atom. The minimum atomic E-state index is 0.460. The van der Waals surface area contributed by atoms with Crippen LogP contribution in [0.5, 0.6) is 5.75 Å². The van der Waals surface area contributed by atoms with Crippen molar-refractivity contribution in [3.8, 4) is 5.75 Å². The highest BCUT2D eigenvalue weighted by Crippen LogP contribution is 2.31. The number of hydrogen-bond donors (Lipinski definition) is 0. The van der Waals surface area contributed by atoms with E-state index in [4.69, 9.17) is 27.9 Å². The van der Waals surface area contributed by atoms with E-state index in [0.717, 1.165) is 5.56 Å². The van der Waals surface area contributed by atoms with Gasteiger partial charge >= 0.3 is 0 Å². The van der Waals surface area contributed by atoms with Crippen molar-refractivity contribution in [2.45, 2.75) is 13.5 Å². The molecule has 0 spiro atoms. The average molecular weight is 267 g/mol. The van der Waals surface area contributed by atoms with Crippen molar-refractivity contribution in [1.29, 1.82) is 0 Å². The molecule has 2 aromatic rings. The Hall–Kier alpha value is -1.18. The van der Waals surface area contributed by atoms with Crippen LogP contribution < -0.4 is 4.74 Å². The Bertz CT molecular complexity index is 506. The fourth-order valence-corrected chi connectivity index (χ4v) is 1.79. The van der Waals surface area contributed by atoms with Gasteiger partial charge in [0.05, 0.1) is 5.02 Å². The molecular weight excluding hydrogens is 255 g/mol. The van der Waals surface area contributed by atoms with Crippen LogP contribution >= 0.6 is 23.2 Å². The first-order chi connectivity index (χ1) is 8.16. The number of aryl methyl sites for hydroxylation is 1. The highest BCUT2D eigenvalue weighted by atomic mass is 35.5. The third kappa shape index (κ3) is 3.15. The molecule has 88 valence electrons. The van der Waals surface area contributed by atoms with Gasteiger partial charge in [-0.3, -0.25) is 0 Å². The van der Waals surface area contributed by atoms with Crippen molar-refractivity contribution >= 4 is 23.2 Å². The van der Waals surface area contributed by atoms with E-state index in [1.54, 1.807) is 6.07 Å².